The molecule has 0 spiro atoms. The molecule has 6 aromatic rings. The van der Waals surface area contributed by atoms with Gasteiger partial charge in [-0.05, 0) is 97.9 Å². The van der Waals surface area contributed by atoms with Crippen molar-refractivity contribution in [2.45, 2.75) is 9.79 Å². The largest absolute Gasteiger partial charge is 0.424 e. The summed E-state index contributed by atoms with van der Waals surface area (Å²) in [7, 11) is 5.19. The summed E-state index contributed by atoms with van der Waals surface area (Å²) in [4.78, 5) is 2.08. The molecule has 6 rings (SSSR count). The summed E-state index contributed by atoms with van der Waals surface area (Å²) in [5, 5.41) is 5.89. The molecule has 0 saturated heterocycles. The minimum atomic E-state index is -2.73. The molecule has 0 N–H and O–H groups in total. The van der Waals surface area contributed by atoms with Gasteiger partial charge in [0, 0.05) is 61.8 Å². The maximum atomic E-state index is 5.61. The Kier molecular flexibility index (Phi) is 17.6. The Hall–Kier alpha value is -2.73. The molecule has 6 aromatic carbocycles. The predicted molar refractivity (Wildman–Crippen MR) is 243 cm³/mol. The molecule has 0 saturated carbocycles. The summed E-state index contributed by atoms with van der Waals surface area (Å²) >= 11 is 12.0. The second kappa shape index (κ2) is 22.3. The zero-order chi connectivity index (χ0) is 38.9. The molecule has 0 amide bonds. The van der Waals surface area contributed by atoms with Gasteiger partial charge in [-0.25, -0.2) is 0 Å². The predicted octanol–water partition coefficient (Wildman–Crippen LogP) is 10.9. The third kappa shape index (κ3) is 13.4. The fraction of sp³-hybridized carbons (Fsp3) is 0.143. The third-order valence-electron chi connectivity index (χ3n) is 8.03. The van der Waals surface area contributed by atoms with Crippen LogP contribution in [0.3, 0.4) is 0 Å². The Labute approximate surface area is 342 Å². The molecule has 0 unspecified atom stereocenters. The molecular weight excluding hydrogens is 821 g/mol. The fourth-order valence-corrected chi connectivity index (χ4v) is 13.3. The lowest BCUT2D eigenvalue weighted by atomic mass is 10.3. The Morgan fingerprint density at radius 1 is 0.400 bits per heavy atom. The summed E-state index contributed by atoms with van der Waals surface area (Å²) < 4.78 is 31.7. The van der Waals surface area contributed by atoms with Crippen LogP contribution >= 0.6 is 41.0 Å². The zero-order valence-corrected chi connectivity index (χ0v) is 37.1. The Bertz CT molecular complexity index is 1850. The second-order valence-corrected chi connectivity index (χ2v) is 23.6. The van der Waals surface area contributed by atoms with Crippen molar-refractivity contribution < 1.29 is 27.1 Å². The van der Waals surface area contributed by atoms with E-state index in [0.29, 0.717) is 11.5 Å². The number of benzene rings is 6. The maximum absolute atomic E-state index is 5.61. The standard InChI is InChI=1S/C26H24P2.C16H20O6P2S3/c1-5-13-23(14-6-1)27(24-15-7-2-8-16-24)21-22-28(25-17-9-3-10-18-25)26-19-11-4-12-20-26;1-17-23(25,18-2)21-13-5-9-15(10-6-13)27-16-11-7-14(8-12-16)22-24(26,19-3)20-4/h1-20H,21-22H2;5-12H,1-4H3. The monoisotopic (exact) mass is 864 g/mol. The van der Waals surface area contributed by atoms with Crippen LogP contribution in [-0.4, -0.2) is 40.8 Å². The van der Waals surface area contributed by atoms with Crippen molar-refractivity contribution in [1.29, 1.82) is 0 Å². The smallest absolute Gasteiger partial charge is 0.380 e. The Balaban J connectivity index is 0.000000211. The van der Waals surface area contributed by atoms with Crippen molar-refractivity contribution in [3.63, 3.8) is 0 Å². The summed E-state index contributed by atoms with van der Waals surface area (Å²) in [6, 6.07) is 59.3. The van der Waals surface area contributed by atoms with Crippen molar-refractivity contribution in [1.82, 2.24) is 0 Å². The van der Waals surface area contributed by atoms with Crippen molar-refractivity contribution in [3.8, 4) is 11.5 Å². The summed E-state index contributed by atoms with van der Waals surface area (Å²) in [6.07, 6.45) is 2.41. The van der Waals surface area contributed by atoms with Gasteiger partial charge < -0.3 is 27.1 Å². The molecule has 55 heavy (non-hydrogen) atoms. The molecule has 286 valence electrons. The van der Waals surface area contributed by atoms with Gasteiger partial charge in [0.2, 0.25) is 0 Å². The van der Waals surface area contributed by atoms with Gasteiger partial charge in [0.1, 0.15) is 11.5 Å². The highest BCUT2D eigenvalue weighted by Gasteiger charge is 2.21. The van der Waals surface area contributed by atoms with E-state index < -0.39 is 13.4 Å². The van der Waals surface area contributed by atoms with Crippen molar-refractivity contribution in [3.05, 3.63) is 170 Å². The fourth-order valence-electron chi connectivity index (χ4n) is 5.28. The van der Waals surface area contributed by atoms with Crippen LogP contribution in [0.2, 0.25) is 0 Å². The molecule has 0 aliphatic heterocycles. The summed E-state index contributed by atoms with van der Waals surface area (Å²) in [5.74, 6) is 1.19. The van der Waals surface area contributed by atoms with Crippen LogP contribution < -0.4 is 30.3 Å². The molecule has 0 aliphatic rings. The lowest BCUT2D eigenvalue weighted by Gasteiger charge is -2.24. The van der Waals surface area contributed by atoms with Gasteiger partial charge in [-0.2, -0.15) is 0 Å². The van der Waals surface area contributed by atoms with Gasteiger partial charge in [-0.15, -0.1) is 0 Å². The first-order valence-corrected chi connectivity index (χ1v) is 26.2. The van der Waals surface area contributed by atoms with E-state index in [4.69, 9.17) is 50.8 Å². The van der Waals surface area contributed by atoms with E-state index in [2.05, 4.69) is 121 Å². The highest BCUT2D eigenvalue weighted by atomic mass is 32.5. The zero-order valence-electron chi connectivity index (χ0n) is 31.0. The van der Waals surface area contributed by atoms with E-state index >= 15 is 0 Å². The van der Waals surface area contributed by atoms with Gasteiger partial charge >= 0.3 is 13.4 Å². The molecule has 0 fully saturated rings. The second-order valence-electron chi connectivity index (χ2n) is 11.5. The van der Waals surface area contributed by atoms with E-state index in [1.165, 1.54) is 62.0 Å². The van der Waals surface area contributed by atoms with Crippen LogP contribution in [0.4, 0.5) is 0 Å². The van der Waals surface area contributed by atoms with Crippen LogP contribution in [-0.2, 0) is 41.7 Å². The normalized spacial score (nSPS) is 11.5. The molecular formula is C42H44O6P4S3. The summed E-state index contributed by atoms with van der Waals surface area (Å²) in [5.41, 5.74) is 0. The van der Waals surface area contributed by atoms with Gasteiger partial charge in [-0.3, -0.25) is 0 Å². The molecule has 0 atom stereocenters. The van der Waals surface area contributed by atoms with Gasteiger partial charge in [-0.1, -0.05) is 133 Å². The van der Waals surface area contributed by atoms with Crippen LogP contribution in [0.25, 0.3) is 0 Å². The average Bonchev–Trinajstić information content (AvgIpc) is 3.25. The van der Waals surface area contributed by atoms with Crippen molar-refractivity contribution in [2.75, 3.05) is 40.8 Å². The van der Waals surface area contributed by atoms with Gasteiger partial charge in [0.15, 0.2) is 0 Å². The number of rotatable bonds is 17. The summed E-state index contributed by atoms with van der Waals surface area (Å²) in [6.45, 7) is -5.45. The number of hydrogen-bond donors (Lipinski definition) is 0. The minimum Gasteiger partial charge on any atom is -0.424 e. The highest BCUT2D eigenvalue weighted by Crippen LogP contribution is 2.49. The number of hydrogen-bond acceptors (Lipinski definition) is 9. The molecule has 0 radical (unpaired) electrons. The van der Waals surface area contributed by atoms with Crippen LogP contribution in [0.1, 0.15) is 0 Å². The average molecular weight is 865 g/mol. The highest BCUT2D eigenvalue weighted by molar-refractivity contribution is 8.08. The molecule has 6 nitrogen and oxygen atoms in total. The molecule has 0 aromatic heterocycles. The van der Waals surface area contributed by atoms with E-state index in [0.717, 1.165) is 9.79 Å². The van der Waals surface area contributed by atoms with Crippen molar-refractivity contribution >= 4 is 85.9 Å². The molecule has 13 heteroatoms. The minimum absolute atomic E-state index is 0.348. The quantitative estimate of drug-likeness (QED) is 0.0835. The van der Waals surface area contributed by atoms with Crippen LogP contribution in [0.5, 0.6) is 11.5 Å². The molecule has 0 bridgehead atoms. The SMILES string of the molecule is COP(=S)(OC)Oc1ccc(Sc2ccc(OP(=S)(OC)OC)cc2)cc1.c1ccc(P(CCP(c2ccccc2)c2ccccc2)c2ccccc2)cc1. The van der Waals surface area contributed by atoms with Gasteiger partial charge in [0.05, 0.1) is 0 Å². The van der Waals surface area contributed by atoms with Gasteiger partial charge in [0.25, 0.3) is 0 Å². The van der Waals surface area contributed by atoms with Crippen molar-refractivity contribution in [2.24, 2.45) is 0 Å². The lowest BCUT2D eigenvalue weighted by Crippen LogP contribution is -2.19. The molecule has 0 heterocycles. The first kappa shape index (κ1) is 43.4. The van der Waals surface area contributed by atoms with E-state index in [9.17, 15) is 0 Å². The van der Waals surface area contributed by atoms with E-state index in [1.54, 1.807) is 11.8 Å². The first-order chi connectivity index (χ1) is 26.8. The van der Waals surface area contributed by atoms with E-state index in [1.807, 2.05) is 48.5 Å². The Morgan fingerprint density at radius 3 is 0.891 bits per heavy atom. The topological polar surface area (TPSA) is 55.4 Å². The molecule has 0 aliphatic carbocycles. The lowest BCUT2D eigenvalue weighted by molar-refractivity contribution is 0.272. The first-order valence-electron chi connectivity index (χ1n) is 17.2. The van der Waals surface area contributed by atoms with Crippen LogP contribution in [0.15, 0.2) is 180 Å². The van der Waals surface area contributed by atoms with E-state index in [-0.39, 0.29) is 15.8 Å². The Morgan fingerprint density at radius 2 is 0.655 bits per heavy atom. The third-order valence-corrected chi connectivity index (χ3v) is 19.3. The maximum Gasteiger partial charge on any atom is 0.380 e. The van der Waals surface area contributed by atoms with Crippen LogP contribution in [0, 0.1) is 0 Å².